The van der Waals surface area contributed by atoms with E-state index >= 15 is 0 Å². The van der Waals surface area contributed by atoms with E-state index in [1.165, 1.54) is 50.2 Å². The van der Waals surface area contributed by atoms with Crippen molar-refractivity contribution in [3.05, 3.63) is 12.2 Å². The molecule has 2 unspecified atom stereocenters. The second-order valence-electron chi connectivity index (χ2n) is 13.5. The third-order valence-electron chi connectivity index (χ3n) is 11.3. The van der Waals surface area contributed by atoms with Crippen LogP contribution in [0.25, 0.3) is 0 Å². The molecule has 3 saturated carbocycles. The third kappa shape index (κ3) is 5.99. The van der Waals surface area contributed by atoms with Crippen molar-refractivity contribution < 1.29 is 18.7 Å². The fourth-order valence-electron chi connectivity index (χ4n) is 8.44. The summed E-state index contributed by atoms with van der Waals surface area (Å²) in [5.74, 6) is 1.99. The Hall–Kier alpha value is -0.693. The van der Waals surface area contributed by atoms with Crippen LogP contribution in [0, 0.1) is 28.6 Å². The van der Waals surface area contributed by atoms with Crippen LogP contribution in [-0.4, -0.2) is 58.3 Å². The Morgan fingerprint density at radius 1 is 1.00 bits per heavy atom. The first-order valence-corrected chi connectivity index (χ1v) is 18.5. The fraction of sp³-hybridized carbons (Fsp3) is 0.906. The molecule has 1 heterocycles. The molecular weight excluding hydrogens is 490 g/mol. The molecule has 0 aromatic heterocycles. The monoisotopic (exact) mass is 547 g/mol. The van der Waals surface area contributed by atoms with E-state index in [1.54, 1.807) is 4.90 Å². The summed E-state index contributed by atoms with van der Waals surface area (Å²) in [5, 5.41) is 0. The summed E-state index contributed by atoms with van der Waals surface area (Å²) in [7, 11) is 2.13. The molecule has 1 saturated heterocycles. The van der Waals surface area contributed by atoms with Gasteiger partial charge in [0.1, 0.15) is 0 Å². The maximum Gasteiger partial charge on any atom is 0.231 e. The Bertz CT molecular complexity index is 808. The van der Waals surface area contributed by atoms with E-state index in [4.69, 9.17) is 13.9 Å². The van der Waals surface area contributed by atoms with Gasteiger partial charge in [-0.3, -0.25) is 4.79 Å². The van der Waals surface area contributed by atoms with Gasteiger partial charge in [0.05, 0.1) is 11.5 Å². The zero-order chi connectivity index (χ0) is 27.6. The Morgan fingerprint density at radius 2 is 1.71 bits per heavy atom. The van der Waals surface area contributed by atoms with Crippen molar-refractivity contribution in [2.24, 2.45) is 28.6 Å². The molecular formula is C32H57NO4Si. The van der Waals surface area contributed by atoms with Crippen molar-refractivity contribution in [2.45, 2.75) is 135 Å². The zero-order valence-electron chi connectivity index (χ0n) is 25.6. The molecule has 0 radical (unpaired) electrons. The summed E-state index contributed by atoms with van der Waals surface area (Å²) in [6.07, 6.45) is 16.1. The lowest BCUT2D eigenvalue weighted by molar-refractivity contribution is -0.193. The van der Waals surface area contributed by atoms with Crippen molar-refractivity contribution in [1.29, 1.82) is 0 Å². The van der Waals surface area contributed by atoms with Crippen LogP contribution in [-0.2, 0) is 18.7 Å². The van der Waals surface area contributed by atoms with Gasteiger partial charge in [-0.2, -0.15) is 0 Å². The molecule has 4 fully saturated rings. The summed E-state index contributed by atoms with van der Waals surface area (Å²) >= 11 is 0. The number of carbonyl (C=O) groups is 1. The average molecular weight is 548 g/mol. The van der Waals surface area contributed by atoms with Crippen LogP contribution in [0.3, 0.4) is 0 Å². The van der Waals surface area contributed by atoms with Crippen LogP contribution in [0.15, 0.2) is 12.2 Å². The van der Waals surface area contributed by atoms with Crippen LogP contribution in [0.1, 0.15) is 98.8 Å². The van der Waals surface area contributed by atoms with Gasteiger partial charge in [-0.25, -0.2) is 0 Å². The van der Waals surface area contributed by atoms with Crippen LogP contribution >= 0.6 is 0 Å². The number of allylic oxidation sites excluding steroid dienone is 1. The summed E-state index contributed by atoms with van der Waals surface area (Å²) in [4.78, 5) is 15.0. The smallest absolute Gasteiger partial charge is 0.231 e. The molecule has 0 N–H and O–H groups in total. The van der Waals surface area contributed by atoms with Crippen molar-refractivity contribution in [3.63, 3.8) is 0 Å². The topological polar surface area (TPSA) is 48.0 Å². The molecule has 7 atom stereocenters. The molecule has 218 valence electrons. The molecule has 0 spiro atoms. The molecule has 38 heavy (non-hydrogen) atoms. The Balaban J connectivity index is 1.49. The van der Waals surface area contributed by atoms with Gasteiger partial charge in [0, 0.05) is 26.8 Å². The summed E-state index contributed by atoms with van der Waals surface area (Å²) in [6.45, 7) is 12.8. The highest BCUT2D eigenvalue weighted by Crippen LogP contribution is 2.59. The number of rotatable bonds is 12. The molecule has 0 bridgehead atoms. The van der Waals surface area contributed by atoms with Crippen molar-refractivity contribution >= 4 is 14.2 Å². The number of carbonyl (C=O) groups excluding carboxylic acids is 1. The SMILES string of the molecule is CC[Si](CC)(CC)OC1CCC[C@]2(C)C([C@H](C)/C=C/[C@@H](O[C@@H]3CCCCO3)C3(C(=O)N(C)C)CC3)CC[C@@H]12. The van der Waals surface area contributed by atoms with Gasteiger partial charge in [-0.05, 0) is 99.1 Å². The lowest BCUT2D eigenvalue weighted by atomic mass is 9.62. The van der Waals surface area contributed by atoms with Crippen molar-refractivity contribution in [2.75, 3.05) is 20.7 Å². The molecule has 5 nitrogen and oxygen atoms in total. The van der Waals surface area contributed by atoms with Gasteiger partial charge in [-0.15, -0.1) is 0 Å². The highest BCUT2D eigenvalue weighted by molar-refractivity contribution is 6.73. The first-order valence-electron chi connectivity index (χ1n) is 16.0. The number of hydrogen-bond acceptors (Lipinski definition) is 4. The first-order chi connectivity index (χ1) is 18.1. The van der Waals surface area contributed by atoms with Gasteiger partial charge >= 0.3 is 0 Å². The number of hydrogen-bond donors (Lipinski definition) is 0. The van der Waals surface area contributed by atoms with Gasteiger partial charge < -0.3 is 18.8 Å². The maximum absolute atomic E-state index is 13.2. The highest BCUT2D eigenvalue weighted by atomic mass is 28.4. The lowest BCUT2D eigenvalue weighted by Crippen LogP contribution is -2.48. The predicted octanol–water partition coefficient (Wildman–Crippen LogP) is 7.57. The summed E-state index contributed by atoms with van der Waals surface area (Å²) < 4.78 is 19.7. The quantitative estimate of drug-likeness (QED) is 0.187. The molecule has 0 aromatic rings. The molecule has 1 aliphatic heterocycles. The minimum atomic E-state index is -1.61. The van der Waals surface area contributed by atoms with E-state index in [2.05, 4.69) is 46.8 Å². The molecule has 0 aromatic carbocycles. The molecule has 1 amide bonds. The second kappa shape index (κ2) is 12.4. The predicted molar refractivity (Wildman–Crippen MR) is 157 cm³/mol. The Labute approximate surface area is 234 Å². The molecule has 4 aliphatic rings. The van der Waals surface area contributed by atoms with E-state index in [0.717, 1.165) is 38.7 Å². The second-order valence-corrected chi connectivity index (χ2v) is 18.3. The lowest BCUT2D eigenvalue weighted by Gasteiger charge is -2.48. The summed E-state index contributed by atoms with van der Waals surface area (Å²) in [6, 6.07) is 3.71. The van der Waals surface area contributed by atoms with Crippen molar-refractivity contribution in [1.82, 2.24) is 4.90 Å². The Morgan fingerprint density at radius 3 is 2.29 bits per heavy atom. The molecule has 3 aliphatic carbocycles. The van der Waals surface area contributed by atoms with Crippen LogP contribution in [0.5, 0.6) is 0 Å². The number of ether oxygens (including phenoxy) is 2. The van der Waals surface area contributed by atoms with Gasteiger partial charge in [-0.1, -0.05) is 53.2 Å². The number of fused-ring (bicyclic) bond motifs is 1. The van der Waals surface area contributed by atoms with E-state index in [1.807, 2.05) is 14.1 Å². The number of nitrogens with zero attached hydrogens (tertiary/aromatic N) is 1. The van der Waals surface area contributed by atoms with E-state index < -0.39 is 13.7 Å². The Kier molecular flexibility index (Phi) is 9.91. The number of amides is 1. The van der Waals surface area contributed by atoms with Crippen molar-refractivity contribution in [3.8, 4) is 0 Å². The highest BCUT2D eigenvalue weighted by Gasteiger charge is 2.57. The van der Waals surface area contributed by atoms with E-state index in [-0.39, 0.29) is 18.3 Å². The van der Waals surface area contributed by atoms with Crippen LogP contribution in [0.2, 0.25) is 18.1 Å². The van der Waals surface area contributed by atoms with E-state index in [9.17, 15) is 4.79 Å². The minimum absolute atomic E-state index is 0.189. The normalized spacial score (nSPS) is 34.6. The maximum atomic E-state index is 13.2. The average Bonchev–Trinajstić information content (AvgIpc) is 3.65. The van der Waals surface area contributed by atoms with Gasteiger partial charge in [0.2, 0.25) is 5.91 Å². The van der Waals surface area contributed by atoms with Crippen LogP contribution < -0.4 is 0 Å². The van der Waals surface area contributed by atoms with Gasteiger partial charge in [0.25, 0.3) is 0 Å². The molecule has 6 heteroatoms. The largest absolute Gasteiger partial charge is 0.414 e. The summed E-state index contributed by atoms with van der Waals surface area (Å²) in [5.41, 5.74) is -0.0809. The standard InChI is InChI=1S/C32H57NO4Si/c1-8-38(9-2,10-3)37-27-14-13-20-31(5)25(17-18-26(27)31)24(4)16-19-28(36-29-15-11-12-23-35-29)32(21-22-32)30(34)33(6)7/h16,19,24-29H,8-15,17-18,20-23H2,1-7H3/b19-16+/t24-,25?,26+,27?,28-,29-,31-/m1/s1. The van der Waals surface area contributed by atoms with Gasteiger partial charge in [0.15, 0.2) is 14.6 Å². The minimum Gasteiger partial charge on any atom is -0.414 e. The van der Waals surface area contributed by atoms with E-state index in [0.29, 0.717) is 29.3 Å². The zero-order valence-corrected chi connectivity index (χ0v) is 26.6. The van der Waals surface area contributed by atoms with Crippen LogP contribution in [0.4, 0.5) is 0 Å². The third-order valence-corrected chi connectivity index (χ3v) is 16.0. The molecule has 4 rings (SSSR count). The fourth-order valence-corrected chi connectivity index (χ4v) is 11.4. The first kappa shape index (κ1) is 30.3.